The molecule has 2 aromatic rings. The SMILES string of the molecule is Cc1ccc(N2CC[C@@H](NC(=O)Cc3ccc(C(F)(F)F)cc3)C2)cn1. The number of aryl methyl sites for hydroxylation is 1. The monoisotopic (exact) mass is 363 g/mol. The number of carbonyl (C=O) groups excluding carboxylic acids is 1. The van der Waals surface area contributed by atoms with Crippen LogP contribution in [0.2, 0.25) is 0 Å². The van der Waals surface area contributed by atoms with E-state index in [2.05, 4.69) is 15.2 Å². The van der Waals surface area contributed by atoms with Crippen molar-refractivity contribution >= 4 is 11.6 Å². The lowest BCUT2D eigenvalue weighted by atomic mass is 10.1. The average Bonchev–Trinajstić information content (AvgIpc) is 3.03. The molecule has 0 unspecified atom stereocenters. The van der Waals surface area contributed by atoms with Crippen LogP contribution >= 0.6 is 0 Å². The molecule has 7 heteroatoms. The van der Waals surface area contributed by atoms with Gasteiger partial charge in [-0.05, 0) is 43.2 Å². The van der Waals surface area contributed by atoms with Crippen molar-refractivity contribution in [1.29, 1.82) is 0 Å². The van der Waals surface area contributed by atoms with Crippen molar-refractivity contribution in [2.45, 2.75) is 32.0 Å². The summed E-state index contributed by atoms with van der Waals surface area (Å²) in [6.07, 6.45) is -1.64. The Balaban J connectivity index is 1.52. The summed E-state index contributed by atoms with van der Waals surface area (Å²) in [6.45, 7) is 3.46. The fourth-order valence-electron chi connectivity index (χ4n) is 3.04. The Morgan fingerprint density at radius 1 is 1.23 bits per heavy atom. The first-order valence-corrected chi connectivity index (χ1v) is 8.44. The van der Waals surface area contributed by atoms with Gasteiger partial charge in [0, 0.05) is 24.8 Å². The first-order chi connectivity index (χ1) is 12.3. The summed E-state index contributed by atoms with van der Waals surface area (Å²) in [5.74, 6) is -0.182. The van der Waals surface area contributed by atoms with Crippen molar-refractivity contribution < 1.29 is 18.0 Å². The second kappa shape index (κ2) is 7.35. The molecular formula is C19H20F3N3O. The van der Waals surface area contributed by atoms with E-state index in [-0.39, 0.29) is 18.4 Å². The highest BCUT2D eigenvalue weighted by atomic mass is 19.4. The quantitative estimate of drug-likeness (QED) is 0.906. The Morgan fingerprint density at radius 3 is 2.58 bits per heavy atom. The number of aromatic nitrogens is 1. The predicted octanol–water partition coefficient (Wildman–Crippen LogP) is 3.35. The number of anilines is 1. The fourth-order valence-corrected chi connectivity index (χ4v) is 3.04. The normalized spacial score (nSPS) is 17.4. The summed E-state index contributed by atoms with van der Waals surface area (Å²) in [5, 5.41) is 2.96. The predicted molar refractivity (Wildman–Crippen MR) is 92.9 cm³/mol. The van der Waals surface area contributed by atoms with Crippen LogP contribution in [0.3, 0.4) is 0 Å². The molecule has 0 saturated carbocycles. The van der Waals surface area contributed by atoms with Gasteiger partial charge >= 0.3 is 6.18 Å². The topological polar surface area (TPSA) is 45.2 Å². The molecule has 3 rings (SSSR count). The first-order valence-electron chi connectivity index (χ1n) is 8.44. The van der Waals surface area contributed by atoms with Gasteiger partial charge in [-0.2, -0.15) is 13.2 Å². The number of benzene rings is 1. The van der Waals surface area contributed by atoms with Crippen molar-refractivity contribution in [1.82, 2.24) is 10.3 Å². The number of rotatable bonds is 4. The van der Waals surface area contributed by atoms with Crippen molar-refractivity contribution in [2.24, 2.45) is 0 Å². The van der Waals surface area contributed by atoms with E-state index in [0.717, 1.165) is 36.5 Å². The largest absolute Gasteiger partial charge is 0.416 e. The smallest absolute Gasteiger partial charge is 0.368 e. The number of hydrogen-bond acceptors (Lipinski definition) is 3. The molecule has 0 aliphatic carbocycles. The van der Waals surface area contributed by atoms with Crippen LogP contribution in [0.5, 0.6) is 0 Å². The van der Waals surface area contributed by atoms with Crippen LogP contribution in [0.4, 0.5) is 18.9 Å². The van der Waals surface area contributed by atoms with Crippen LogP contribution in [0.25, 0.3) is 0 Å². The summed E-state index contributed by atoms with van der Waals surface area (Å²) in [4.78, 5) is 18.6. The number of amides is 1. The number of alkyl halides is 3. The molecule has 1 aromatic carbocycles. The Labute approximate surface area is 150 Å². The van der Waals surface area contributed by atoms with Gasteiger partial charge < -0.3 is 10.2 Å². The number of pyridine rings is 1. The van der Waals surface area contributed by atoms with Gasteiger partial charge in [0.05, 0.1) is 23.9 Å². The number of carbonyl (C=O) groups is 1. The van der Waals surface area contributed by atoms with Gasteiger partial charge in [-0.1, -0.05) is 12.1 Å². The van der Waals surface area contributed by atoms with E-state index in [9.17, 15) is 18.0 Å². The molecule has 0 spiro atoms. The van der Waals surface area contributed by atoms with Gasteiger partial charge in [-0.3, -0.25) is 9.78 Å². The van der Waals surface area contributed by atoms with Gasteiger partial charge in [0.15, 0.2) is 0 Å². The van der Waals surface area contributed by atoms with E-state index in [1.165, 1.54) is 12.1 Å². The van der Waals surface area contributed by atoms with Crippen LogP contribution < -0.4 is 10.2 Å². The highest BCUT2D eigenvalue weighted by Gasteiger charge is 2.30. The van der Waals surface area contributed by atoms with E-state index < -0.39 is 11.7 Å². The third kappa shape index (κ3) is 4.53. The number of hydrogen-bond donors (Lipinski definition) is 1. The lowest BCUT2D eigenvalue weighted by Crippen LogP contribution is -2.38. The molecular weight excluding hydrogens is 343 g/mol. The molecule has 0 bridgehead atoms. The van der Waals surface area contributed by atoms with E-state index in [1.807, 2.05) is 25.3 Å². The fraction of sp³-hybridized carbons (Fsp3) is 0.368. The first kappa shape index (κ1) is 18.2. The molecule has 26 heavy (non-hydrogen) atoms. The molecule has 1 fully saturated rings. The minimum Gasteiger partial charge on any atom is -0.368 e. The summed E-state index contributed by atoms with van der Waals surface area (Å²) in [5.41, 5.74) is 1.83. The standard InChI is InChI=1S/C19H20F3N3O/c1-13-2-7-17(11-23-13)25-9-8-16(12-25)24-18(26)10-14-3-5-15(6-4-14)19(20,21)22/h2-7,11,16H,8-10,12H2,1H3,(H,24,26)/t16-/m1/s1. The zero-order valence-corrected chi connectivity index (χ0v) is 14.4. The average molecular weight is 363 g/mol. The van der Waals surface area contributed by atoms with Crippen LogP contribution in [-0.2, 0) is 17.4 Å². The molecule has 1 aromatic heterocycles. The second-order valence-electron chi connectivity index (χ2n) is 6.53. The molecule has 1 saturated heterocycles. The lowest BCUT2D eigenvalue weighted by Gasteiger charge is -2.19. The molecule has 1 amide bonds. The Morgan fingerprint density at radius 2 is 1.96 bits per heavy atom. The maximum absolute atomic E-state index is 12.6. The summed E-state index contributed by atoms with van der Waals surface area (Å²) in [6, 6.07) is 8.69. The van der Waals surface area contributed by atoms with Crippen LogP contribution in [0, 0.1) is 6.92 Å². The van der Waals surface area contributed by atoms with Gasteiger partial charge in [-0.15, -0.1) is 0 Å². The van der Waals surface area contributed by atoms with Crippen molar-refractivity contribution in [3.8, 4) is 0 Å². The Hall–Kier alpha value is -2.57. The molecule has 1 aliphatic rings. The van der Waals surface area contributed by atoms with Crippen molar-refractivity contribution in [2.75, 3.05) is 18.0 Å². The second-order valence-corrected chi connectivity index (χ2v) is 6.53. The minimum atomic E-state index is -4.36. The Bertz CT molecular complexity index is 757. The van der Waals surface area contributed by atoms with Crippen LogP contribution in [0.15, 0.2) is 42.6 Å². The van der Waals surface area contributed by atoms with Crippen molar-refractivity contribution in [3.63, 3.8) is 0 Å². The molecule has 2 heterocycles. The van der Waals surface area contributed by atoms with Crippen molar-refractivity contribution in [3.05, 3.63) is 59.4 Å². The third-order valence-corrected chi connectivity index (χ3v) is 4.46. The molecule has 0 radical (unpaired) electrons. The summed E-state index contributed by atoms with van der Waals surface area (Å²) >= 11 is 0. The maximum Gasteiger partial charge on any atom is 0.416 e. The van der Waals surface area contributed by atoms with Gasteiger partial charge in [-0.25, -0.2) is 0 Å². The number of nitrogens with one attached hydrogen (secondary N) is 1. The van der Waals surface area contributed by atoms with E-state index in [4.69, 9.17) is 0 Å². The van der Waals surface area contributed by atoms with E-state index in [1.54, 1.807) is 0 Å². The van der Waals surface area contributed by atoms with Crippen LogP contribution in [-0.4, -0.2) is 30.0 Å². The zero-order valence-electron chi connectivity index (χ0n) is 14.4. The minimum absolute atomic E-state index is 0.0262. The van der Waals surface area contributed by atoms with Gasteiger partial charge in [0.25, 0.3) is 0 Å². The van der Waals surface area contributed by atoms with Gasteiger partial charge in [0.1, 0.15) is 0 Å². The maximum atomic E-state index is 12.6. The molecule has 1 aliphatic heterocycles. The summed E-state index contributed by atoms with van der Waals surface area (Å²) < 4.78 is 37.7. The Kier molecular flexibility index (Phi) is 5.15. The molecule has 4 nitrogen and oxygen atoms in total. The highest BCUT2D eigenvalue weighted by molar-refractivity contribution is 5.79. The van der Waals surface area contributed by atoms with Crippen LogP contribution in [0.1, 0.15) is 23.2 Å². The molecule has 138 valence electrons. The molecule has 1 atom stereocenters. The van der Waals surface area contributed by atoms with E-state index in [0.29, 0.717) is 12.1 Å². The zero-order chi connectivity index (χ0) is 18.7. The molecule has 1 N–H and O–H groups in total. The van der Waals surface area contributed by atoms with E-state index >= 15 is 0 Å². The number of nitrogens with zero attached hydrogens (tertiary/aromatic N) is 2. The van der Waals surface area contributed by atoms with Gasteiger partial charge in [0.2, 0.25) is 5.91 Å². The number of halogens is 3. The lowest BCUT2D eigenvalue weighted by molar-refractivity contribution is -0.137. The third-order valence-electron chi connectivity index (χ3n) is 4.46. The highest BCUT2D eigenvalue weighted by Crippen LogP contribution is 2.29. The summed E-state index contributed by atoms with van der Waals surface area (Å²) in [7, 11) is 0.